The number of hydrogen-bond acceptors (Lipinski definition) is 5. The Balaban J connectivity index is 1.56. The zero-order chi connectivity index (χ0) is 24.7. The number of nitrogens with one attached hydrogen (secondary N) is 1. The highest BCUT2D eigenvalue weighted by molar-refractivity contribution is 9.10. The summed E-state index contributed by atoms with van der Waals surface area (Å²) < 4.78 is 39.4. The number of rotatable bonds is 10. The number of hydrogen-bond donors (Lipinski definition) is 1. The maximum absolute atomic E-state index is 12.9. The molecule has 9 heteroatoms. The highest BCUT2D eigenvalue weighted by atomic mass is 79.9. The topological polar surface area (TPSA) is 84.9 Å². The second-order valence-corrected chi connectivity index (χ2v) is 11.2. The molecule has 2 aromatic carbocycles. The van der Waals surface area contributed by atoms with Crippen LogP contribution in [-0.2, 0) is 20.6 Å². The normalized spacial score (nSPS) is 16.1. The lowest BCUT2D eigenvalue weighted by Gasteiger charge is -2.31. The van der Waals surface area contributed by atoms with Crippen molar-refractivity contribution in [2.24, 2.45) is 5.92 Å². The summed E-state index contributed by atoms with van der Waals surface area (Å²) in [5.74, 6) is 1.05. The molecule has 1 heterocycles. The molecule has 3 rings (SSSR count). The first kappa shape index (κ1) is 26.5. The monoisotopic (exact) mass is 552 g/mol. The summed E-state index contributed by atoms with van der Waals surface area (Å²) in [6, 6.07) is 12.8. The molecule has 1 atom stereocenters. The van der Waals surface area contributed by atoms with E-state index in [1.54, 1.807) is 12.1 Å². The molecule has 0 radical (unpaired) electrons. The molecule has 1 saturated heterocycles. The summed E-state index contributed by atoms with van der Waals surface area (Å²) in [5.41, 5.74) is 1.67. The summed E-state index contributed by atoms with van der Waals surface area (Å²) in [4.78, 5) is 12.9. The third-order valence-electron chi connectivity index (χ3n) is 5.91. The molecule has 2 aromatic rings. The Bertz CT molecular complexity index is 1070. The minimum absolute atomic E-state index is 0.0336. The minimum Gasteiger partial charge on any atom is -0.490 e. The third kappa shape index (κ3) is 6.96. The number of benzene rings is 2. The molecule has 1 N–H and O–H groups in total. The smallest absolute Gasteiger partial charge is 0.223 e. The molecular formula is C25H33BrN2O5S. The highest BCUT2D eigenvalue weighted by Gasteiger charge is 2.31. The van der Waals surface area contributed by atoms with Gasteiger partial charge in [0.1, 0.15) is 0 Å². The molecule has 1 aliphatic rings. The fraction of sp³-hybridized carbons (Fsp3) is 0.480. The number of carbonyl (C=O) groups excluding carboxylic acids is 1. The van der Waals surface area contributed by atoms with Crippen molar-refractivity contribution in [1.82, 2.24) is 9.62 Å². The number of amides is 1. The third-order valence-corrected chi connectivity index (χ3v) is 8.29. The summed E-state index contributed by atoms with van der Waals surface area (Å²) in [6.45, 7) is 7.53. The molecule has 34 heavy (non-hydrogen) atoms. The van der Waals surface area contributed by atoms with Gasteiger partial charge in [-0.25, -0.2) is 12.7 Å². The first-order chi connectivity index (χ1) is 16.2. The molecule has 1 fully saturated rings. The first-order valence-corrected chi connectivity index (χ1v) is 14.1. The van der Waals surface area contributed by atoms with Crippen molar-refractivity contribution in [3.05, 3.63) is 58.1 Å². The zero-order valence-corrected chi connectivity index (χ0v) is 22.3. The van der Waals surface area contributed by atoms with Crippen LogP contribution in [0.2, 0.25) is 0 Å². The summed E-state index contributed by atoms with van der Waals surface area (Å²) in [6.07, 6.45) is 1.01. The predicted molar refractivity (Wildman–Crippen MR) is 136 cm³/mol. The number of sulfonamides is 1. The number of carbonyl (C=O) groups is 1. The highest BCUT2D eigenvalue weighted by Crippen LogP contribution is 2.31. The fourth-order valence-corrected chi connectivity index (χ4v) is 5.86. The van der Waals surface area contributed by atoms with Crippen LogP contribution in [0.4, 0.5) is 0 Å². The van der Waals surface area contributed by atoms with Crippen LogP contribution in [0.25, 0.3) is 0 Å². The van der Waals surface area contributed by atoms with Crippen LogP contribution >= 0.6 is 15.9 Å². The fourth-order valence-electron chi connectivity index (χ4n) is 4.03. The van der Waals surface area contributed by atoms with Gasteiger partial charge in [-0.05, 0) is 69.0 Å². The molecule has 0 bridgehead atoms. The Hall–Kier alpha value is -2.10. The van der Waals surface area contributed by atoms with Gasteiger partial charge < -0.3 is 14.8 Å². The van der Waals surface area contributed by atoms with Crippen LogP contribution < -0.4 is 14.8 Å². The first-order valence-electron chi connectivity index (χ1n) is 11.7. The lowest BCUT2D eigenvalue weighted by Crippen LogP contribution is -2.43. The minimum atomic E-state index is -3.42. The van der Waals surface area contributed by atoms with Crippen molar-refractivity contribution in [3.63, 3.8) is 0 Å². The van der Waals surface area contributed by atoms with Gasteiger partial charge in [0.2, 0.25) is 15.9 Å². The van der Waals surface area contributed by atoms with Crippen LogP contribution in [0.1, 0.15) is 50.8 Å². The number of piperidine rings is 1. The zero-order valence-electron chi connectivity index (χ0n) is 19.9. The maximum atomic E-state index is 12.9. The Kier molecular flexibility index (Phi) is 9.39. The van der Waals surface area contributed by atoms with Crippen LogP contribution in [0.3, 0.4) is 0 Å². The Morgan fingerprint density at radius 1 is 1.06 bits per heavy atom. The van der Waals surface area contributed by atoms with E-state index in [2.05, 4.69) is 21.2 Å². The lowest BCUT2D eigenvalue weighted by molar-refractivity contribution is -0.126. The van der Waals surface area contributed by atoms with Crippen molar-refractivity contribution in [1.29, 1.82) is 0 Å². The summed E-state index contributed by atoms with van der Waals surface area (Å²) in [7, 11) is -3.42. The largest absolute Gasteiger partial charge is 0.490 e. The molecule has 1 aliphatic heterocycles. The molecule has 0 aliphatic carbocycles. The number of ether oxygens (including phenoxy) is 2. The standard InChI is InChI=1S/C25H33BrN2O5S/c1-4-32-23-11-8-21(16-24(23)33-5-2)18(3)27-25(29)20-12-14-28(15-13-20)34(30,31)17-19-6-9-22(26)10-7-19/h6-11,16,18,20H,4-5,12-15,17H2,1-3H3,(H,27,29)/t18-/m1/s1. The lowest BCUT2D eigenvalue weighted by atomic mass is 9.96. The Labute approximate surface area is 211 Å². The summed E-state index contributed by atoms with van der Waals surface area (Å²) in [5, 5.41) is 3.08. The number of halogens is 1. The van der Waals surface area contributed by atoms with Crippen LogP contribution in [0.5, 0.6) is 11.5 Å². The number of nitrogens with zero attached hydrogens (tertiary/aromatic N) is 1. The average Bonchev–Trinajstić information content (AvgIpc) is 2.82. The van der Waals surface area contributed by atoms with Gasteiger partial charge in [-0.1, -0.05) is 34.1 Å². The van der Waals surface area contributed by atoms with Crippen molar-refractivity contribution >= 4 is 31.9 Å². The molecule has 186 valence electrons. The van der Waals surface area contributed by atoms with E-state index in [0.717, 1.165) is 15.6 Å². The van der Waals surface area contributed by atoms with E-state index in [1.165, 1.54) is 4.31 Å². The van der Waals surface area contributed by atoms with Gasteiger partial charge in [-0.3, -0.25) is 4.79 Å². The van der Waals surface area contributed by atoms with E-state index in [1.807, 2.05) is 51.1 Å². The van der Waals surface area contributed by atoms with Crippen molar-refractivity contribution in [2.45, 2.75) is 45.4 Å². The van der Waals surface area contributed by atoms with Gasteiger partial charge >= 0.3 is 0 Å². The second kappa shape index (κ2) is 12.0. The van der Waals surface area contributed by atoms with Crippen LogP contribution in [0, 0.1) is 5.92 Å². The van der Waals surface area contributed by atoms with Gasteiger partial charge in [-0.15, -0.1) is 0 Å². The van der Waals surface area contributed by atoms with Gasteiger partial charge in [0, 0.05) is 23.5 Å². The molecule has 1 amide bonds. The van der Waals surface area contributed by atoms with E-state index in [9.17, 15) is 13.2 Å². The molecule has 0 unspecified atom stereocenters. The van der Waals surface area contributed by atoms with E-state index in [0.29, 0.717) is 50.6 Å². The summed E-state index contributed by atoms with van der Waals surface area (Å²) >= 11 is 3.36. The molecular weight excluding hydrogens is 520 g/mol. The van der Waals surface area contributed by atoms with Crippen molar-refractivity contribution < 1.29 is 22.7 Å². The molecule has 0 aromatic heterocycles. The van der Waals surface area contributed by atoms with E-state index < -0.39 is 10.0 Å². The Morgan fingerprint density at radius 2 is 1.68 bits per heavy atom. The molecule has 7 nitrogen and oxygen atoms in total. The van der Waals surface area contributed by atoms with Gasteiger partial charge in [0.15, 0.2) is 11.5 Å². The van der Waals surface area contributed by atoms with Gasteiger partial charge in [-0.2, -0.15) is 0 Å². The SMILES string of the molecule is CCOc1ccc([C@@H](C)NC(=O)C2CCN(S(=O)(=O)Cc3ccc(Br)cc3)CC2)cc1OCC. The van der Waals surface area contributed by atoms with E-state index in [4.69, 9.17) is 9.47 Å². The van der Waals surface area contributed by atoms with Crippen LogP contribution in [0.15, 0.2) is 46.9 Å². The predicted octanol–water partition coefficient (Wildman–Crippen LogP) is 4.67. The Morgan fingerprint density at radius 3 is 2.29 bits per heavy atom. The van der Waals surface area contributed by atoms with Gasteiger partial charge in [0.05, 0.1) is 25.0 Å². The van der Waals surface area contributed by atoms with Crippen molar-refractivity contribution in [3.8, 4) is 11.5 Å². The van der Waals surface area contributed by atoms with Crippen molar-refractivity contribution in [2.75, 3.05) is 26.3 Å². The van der Waals surface area contributed by atoms with Crippen LogP contribution in [-0.4, -0.2) is 44.9 Å². The second-order valence-electron chi connectivity index (χ2n) is 8.36. The van der Waals surface area contributed by atoms with E-state index >= 15 is 0 Å². The van der Waals surface area contributed by atoms with E-state index in [-0.39, 0.29) is 23.6 Å². The quantitative estimate of drug-likeness (QED) is 0.463. The molecule has 0 saturated carbocycles. The maximum Gasteiger partial charge on any atom is 0.223 e. The van der Waals surface area contributed by atoms with Gasteiger partial charge in [0.25, 0.3) is 0 Å². The average molecular weight is 554 g/mol. The molecule has 0 spiro atoms.